The van der Waals surface area contributed by atoms with E-state index in [0.717, 1.165) is 54.8 Å². The van der Waals surface area contributed by atoms with E-state index in [4.69, 9.17) is 4.74 Å². The van der Waals surface area contributed by atoms with Crippen LogP contribution in [-0.4, -0.2) is 64.0 Å². The van der Waals surface area contributed by atoms with Crippen LogP contribution in [0.4, 0.5) is 5.82 Å². The highest BCUT2D eigenvalue weighted by molar-refractivity contribution is 5.89. The van der Waals surface area contributed by atoms with Gasteiger partial charge < -0.3 is 19.5 Å². The Kier molecular flexibility index (Phi) is 5.51. The van der Waals surface area contributed by atoms with Crippen LogP contribution in [0.1, 0.15) is 41.6 Å². The van der Waals surface area contributed by atoms with Gasteiger partial charge in [0.05, 0.1) is 30.1 Å². The number of ether oxygens (including phenoxy) is 1. The second-order valence-corrected chi connectivity index (χ2v) is 8.47. The molecule has 2 aliphatic heterocycles. The van der Waals surface area contributed by atoms with Crippen LogP contribution in [-0.2, 0) is 16.0 Å². The number of aromatic amines is 1. The first-order valence-electron chi connectivity index (χ1n) is 11.2. The molecule has 0 spiro atoms. The Balaban J connectivity index is 1.26. The molecule has 2 aliphatic rings. The first kappa shape index (κ1) is 20.5. The van der Waals surface area contributed by atoms with Gasteiger partial charge in [0.1, 0.15) is 17.8 Å². The molecule has 4 heterocycles. The molecule has 3 aromatic rings. The third-order valence-corrected chi connectivity index (χ3v) is 6.74. The minimum atomic E-state index is -0.349. The van der Waals surface area contributed by atoms with E-state index in [2.05, 4.69) is 24.8 Å². The van der Waals surface area contributed by atoms with Gasteiger partial charge in [-0.15, -0.1) is 0 Å². The van der Waals surface area contributed by atoms with Gasteiger partial charge in [0, 0.05) is 25.7 Å². The standard InChI is InChI=1S/C24H27N5O3/c1-32-24(31)17-7-4-16(5-8-17)6-9-21(30)28-13-2-3-19-20(28)11-14-29(19)23-18-10-12-25-22(18)26-15-27-23/h4-5,7-8,10,12,15,19-20H,2-3,6,9,11,13-14H2,1H3,(H,25,26,27)/t19-,20?/m1/s1. The van der Waals surface area contributed by atoms with Crippen molar-refractivity contribution in [1.29, 1.82) is 0 Å². The lowest BCUT2D eigenvalue weighted by molar-refractivity contribution is -0.134. The zero-order valence-electron chi connectivity index (χ0n) is 18.2. The van der Waals surface area contributed by atoms with E-state index in [-0.39, 0.29) is 17.9 Å². The Hall–Kier alpha value is -3.42. The SMILES string of the molecule is COC(=O)c1ccc(CCC(=O)N2CCC[C@@H]3C2CCN3c2ncnc3[nH]ccc23)cc1. The molecule has 0 aliphatic carbocycles. The number of methoxy groups -OCH3 is 1. The second kappa shape index (κ2) is 8.61. The van der Waals surface area contributed by atoms with Crippen LogP contribution in [0.25, 0.3) is 11.0 Å². The number of carbonyl (C=O) groups excluding carboxylic acids is 2. The first-order valence-corrected chi connectivity index (χ1v) is 11.2. The van der Waals surface area contributed by atoms with E-state index in [1.165, 1.54) is 7.11 Å². The summed E-state index contributed by atoms with van der Waals surface area (Å²) in [4.78, 5) is 41.3. The van der Waals surface area contributed by atoms with Crippen molar-refractivity contribution < 1.29 is 14.3 Å². The number of nitrogens with one attached hydrogen (secondary N) is 1. The molecule has 5 rings (SSSR count). The number of anilines is 1. The highest BCUT2D eigenvalue weighted by atomic mass is 16.5. The van der Waals surface area contributed by atoms with Gasteiger partial charge in [-0.25, -0.2) is 14.8 Å². The summed E-state index contributed by atoms with van der Waals surface area (Å²) in [5.74, 6) is 0.815. The van der Waals surface area contributed by atoms with Crippen LogP contribution in [0.2, 0.25) is 0 Å². The van der Waals surface area contributed by atoms with Crippen LogP contribution >= 0.6 is 0 Å². The Bertz CT molecular complexity index is 1130. The molecule has 1 N–H and O–H groups in total. The molecule has 8 heteroatoms. The molecular weight excluding hydrogens is 406 g/mol. The summed E-state index contributed by atoms with van der Waals surface area (Å²) in [7, 11) is 1.37. The molecule has 0 bridgehead atoms. The van der Waals surface area contributed by atoms with Gasteiger partial charge >= 0.3 is 5.97 Å². The third-order valence-electron chi connectivity index (χ3n) is 6.74. The van der Waals surface area contributed by atoms with Crippen LogP contribution in [0, 0.1) is 0 Å². The van der Waals surface area contributed by atoms with Gasteiger partial charge in [-0.2, -0.15) is 0 Å². The number of H-pyrrole nitrogens is 1. The lowest BCUT2D eigenvalue weighted by atomic mass is 9.95. The van der Waals surface area contributed by atoms with Gasteiger partial charge in [-0.05, 0) is 49.4 Å². The molecule has 166 valence electrons. The Morgan fingerprint density at radius 1 is 1.09 bits per heavy atom. The number of aromatic nitrogens is 3. The molecule has 2 aromatic heterocycles. The number of likely N-dealkylation sites (tertiary alicyclic amines) is 1. The molecule has 1 aromatic carbocycles. The third kappa shape index (κ3) is 3.70. The Labute approximate surface area is 186 Å². The number of rotatable bonds is 5. The number of piperidine rings is 1. The zero-order valence-corrected chi connectivity index (χ0v) is 18.2. The molecule has 0 saturated carbocycles. The molecule has 8 nitrogen and oxygen atoms in total. The van der Waals surface area contributed by atoms with Crippen molar-refractivity contribution in [2.75, 3.05) is 25.1 Å². The summed E-state index contributed by atoms with van der Waals surface area (Å²) < 4.78 is 4.74. The highest BCUT2D eigenvalue weighted by Crippen LogP contribution is 2.36. The predicted molar refractivity (Wildman–Crippen MR) is 120 cm³/mol. The minimum Gasteiger partial charge on any atom is -0.465 e. The van der Waals surface area contributed by atoms with Crippen LogP contribution in [0.5, 0.6) is 0 Å². The summed E-state index contributed by atoms with van der Waals surface area (Å²) in [6, 6.07) is 9.83. The first-order chi connectivity index (χ1) is 15.7. The van der Waals surface area contributed by atoms with Crippen LogP contribution in [0.15, 0.2) is 42.9 Å². The van der Waals surface area contributed by atoms with Crippen molar-refractivity contribution in [2.45, 2.75) is 44.2 Å². The van der Waals surface area contributed by atoms with Gasteiger partial charge in [0.2, 0.25) is 5.91 Å². The Morgan fingerprint density at radius 2 is 1.94 bits per heavy atom. The maximum Gasteiger partial charge on any atom is 0.337 e. The molecule has 2 saturated heterocycles. The predicted octanol–water partition coefficient (Wildman–Crippen LogP) is 2.95. The number of hydrogen-bond donors (Lipinski definition) is 1. The fourth-order valence-electron chi connectivity index (χ4n) is 5.17. The molecule has 32 heavy (non-hydrogen) atoms. The van der Waals surface area contributed by atoms with Gasteiger partial charge in [0.15, 0.2) is 0 Å². The van der Waals surface area contributed by atoms with Crippen LogP contribution in [0.3, 0.4) is 0 Å². The fourth-order valence-corrected chi connectivity index (χ4v) is 5.17. The van der Waals surface area contributed by atoms with Gasteiger partial charge in [0.25, 0.3) is 0 Å². The van der Waals surface area contributed by atoms with Crippen molar-refractivity contribution in [3.8, 4) is 0 Å². The zero-order chi connectivity index (χ0) is 22.1. The van der Waals surface area contributed by atoms with Crippen molar-refractivity contribution in [3.63, 3.8) is 0 Å². The largest absolute Gasteiger partial charge is 0.465 e. The molecule has 1 unspecified atom stereocenters. The van der Waals surface area contributed by atoms with Crippen molar-refractivity contribution in [3.05, 3.63) is 54.0 Å². The number of esters is 1. The van der Waals surface area contributed by atoms with E-state index in [0.29, 0.717) is 24.4 Å². The lowest BCUT2D eigenvalue weighted by Gasteiger charge is -2.40. The van der Waals surface area contributed by atoms with Crippen LogP contribution < -0.4 is 4.90 Å². The lowest BCUT2D eigenvalue weighted by Crippen LogP contribution is -2.52. The van der Waals surface area contributed by atoms with Crippen molar-refractivity contribution >= 4 is 28.7 Å². The summed E-state index contributed by atoms with van der Waals surface area (Å²) in [5, 5.41) is 1.03. The summed E-state index contributed by atoms with van der Waals surface area (Å²) in [6.45, 7) is 1.71. The van der Waals surface area contributed by atoms with E-state index in [9.17, 15) is 9.59 Å². The molecule has 2 fully saturated rings. The number of amides is 1. The molecular formula is C24H27N5O3. The van der Waals surface area contributed by atoms with Crippen molar-refractivity contribution in [1.82, 2.24) is 19.9 Å². The smallest absolute Gasteiger partial charge is 0.337 e. The topological polar surface area (TPSA) is 91.4 Å². The maximum absolute atomic E-state index is 13.2. The fraction of sp³-hybridized carbons (Fsp3) is 0.417. The highest BCUT2D eigenvalue weighted by Gasteiger charge is 2.42. The summed E-state index contributed by atoms with van der Waals surface area (Å²) in [6.07, 6.45) is 7.66. The van der Waals surface area contributed by atoms with E-state index >= 15 is 0 Å². The quantitative estimate of drug-likeness (QED) is 0.622. The number of benzene rings is 1. The van der Waals surface area contributed by atoms with Crippen molar-refractivity contribution in [2.24, 2.45) is 0 Å². The number of aryl methyl sites for hydroxylation is 1. The number of hydrogen-bond acceptors (Lipinski definition) is 6. The minimum absolute atomic E-state index is 0.202. The monoisotopic (exact) mass is 433 g/mol. The summed E-state index contributed by atoms with van der Waals surface area (Å²) in [5.41, 5.74) is 2.41. The molecule has 0 radical (unpaired) electrons. The maximum atomic E-state index is 13.2. The second-order valence-electron chi connectivity index (χ2n) is 8.47. The summed E-state index contributed by atoms with van der Waals surface area (Å²) >= 11 is 0. The molecule has 2 atom stereocenters. The average molecular weight is 434 g/mol. The molecule has 1 amide bonds. The van der Waals surface area contributed by atoms with E-state index in [1.54, 1.807) is 18.5 Å². The number of carbonyl (C=O) groups is 2. The van der Waals surface area contributed by atoms with Gasteiger partial charge in [-0.3, -0.25) is 4.79 Å². The Morgan fingerprint density at radius 3 is 2.75 bits per heavy atom. The average Bonchev–Trinajstić information content (AvgIpc) is 3.49. The normalized spacial score (nSPS) is 20.4. The number of fused-ring (bicyclic) bond motifs is 2. The van der Waals surface area contributed by atoms with Gasteiger partial charge in [-0.1, -0.05) is 12.1 Å². The number of nitrogens with zero attached hydrogens (tertiary/aromatic N) is 4. The van der Waals surface area contributed by atoms with E-state index < -0.39 is 0 Å². The van der Waals surface area contributed by atoms with E-state index in [1.807, 2.05) is 24.4 Å².